The van der Waals surface area contributed by atoms with Crippen molar-refractivity contribution in [2.45, 2.75) is 6.36 Å². The lowest BCUT2D eigenvalue weighted by Gasteiger charge is -2.34. The summed E-state index contributed by atoms with van der Waals surface area (Å²) in [5, 5.41) is 3.30. The Morgan fingerprint density at radius 3 is 2.35 bits per heavy atom. The number of carbonyl (C=O) groups is 2. The maximum atomic E-state index is 13.0. The van der Waals surface area contributed by atoms with Crippen molar-refractivity contribution < 1.29 is 27.5 Å². The molecule has 11 heteroatoms. The normalized spacial score (nSPS) is 14.7. The lowest BCUT2D eigenvalue weighted by atomic mass is 10.1. The molecular weight excluding hydrogens is 453 g/mol. The molecule has 2 aromatic carbocycles. The molecule has 1 saturated heterocycles. The number of pyridine rings is 1. The van der Waals surface area contributed by atoms with Gasteiger partial charge in [0.15, 0.2) is 0 Å². The van der Waals surface area contributed by atoms with E-state index in [1.54, 1.807) is 29.2 Å². The van der Waals surface area contributed by atoms with Gasteiger partial charge in [0, 0.05) is 48.8 Å². The largest absolute Gasteiger partial charge is 0.573 e. The lowest BCUT2D eigenvalue weighted by Crippen LogP contribution is -2.50. The van der Waals surface area contributed by atoms with Crippen molar-refractivity contribution in [2.24, 2.45) is 0 Å². The summed E-state index contributed by atoms with van der Waals surface area (Å²) in [5.41, 5.74) is 0.917. The summed E-state index contributed by atoms with van der Waals surface area (Å²) < 4.78 is 40.5. The molecule has 0 bridgehead atoms. The number of carbonyl (C=O) groups excluding carboxylic acids is 2. The number of aromatic amines is 1. The number of nitrogens with zero attached hydrogens (tertiary/aromatic N) is 2. The molecule has 3 aromatic rings. The molecule has 34 heavy (non-hydrogen) atoms. The number of nitrogens with one attached hydrogen (secondary N) is 2. The number of benzene rings is 2. The zero-order valence-corrected chi connectivity index (χ0v) is 17.9. The molecule has 2 heterocycles. The first kappa shape index (κ1) is 23.3. The van der Waals surface area contributed by atoms with Crippen molar-refractivity contribution in [3.8, 4) is 5.75 Å². The number of amides is 2. The van der Waals surface area contributed by atoms with E-state index in [0.717, 1.165) is 12.1 Å². The van der Waals surface area contributed by atoms with Crippen LogP contribution < -0.4 is 15.6 Å². The van der Waals surface area contributed by atoms with Crippen LogP contribution in [0.4, 0.5) is 18.9 Å². The Bertz CT molecular complexity index is 1250. The molecule has 1 fully saturated rings. The van der Waals surface area contributed by atoms with Crippen LogP contribution in [-0.4, -0.2) is 65.7 Å². The number of anilines is 1. The molecule has 0 atom stereocenters. The van der Waals surface area contributed by atoms with Gasteiger partial charge in [0.25, 0.3) is 5.91 Å². The van der Waals surface area contributed by atoms with Crippen molar-refractivity contribution in [1.82, 2.24) is 14.8 Å². The third-order valence-electron chi connectivity index (χ3n) is 5.38. The minimum atomic E-state index is -4.78. The first-order chi connectivity index (χ1) is 16.2. The van der Waals surface area contributed by atoms with E-state index < -0.39 is 6.36 Å². The van der Waals surface area contributed by atoms with Crippen LogP contribution in [0.2, 0.25) is 0 Å². The Hall–Kier alpha value is -3.86. The summed E-state index contributed by atoms with van der Waals surface area (Å²) in [6.45, 7) is 1.75. The van der Waals surface area contributed by atoms with Gasteiger partial charge in [0.05, 0.1) is 12.1 Å². The highest BCUT2D eigenvalue weighted by Crippen LogP contribution is 2.24. The molecule has 2 amide bonds. The number of halogens is 3. The van der Waals surface area contributed by atoms with Gasteiger partial charge in [-0.15, -0.1) is 13.2 Å². The summed E-state index contributed by atoms with van der Waals surface area (Å²) in [7, 11) is 0. The predicted molar refractivity (Wildman–Crippen MR) is 119 cm³/mol. The molecule has 1 aliphatic heterocycles. The third kappa shape index (κ3) is 5.73. The predicted octanol–water partition coefficient (Wildman–Crippen LogP) is 2.82. The lowest BCUT2D eigenvalue weighted by molar-refractivity contribution is -0.274. The molecule has 0 aliphatic carbocycles. The second kappa shape index (κ2) is 9.56. The fourth-order valence-electron chi connectivity index (χ4n) is 3.80. The van der Waals surface area contributed by atoms with Crippen LogP contribution in [0.15, 0.2) is 59.4 Å². The first-order valence-electron chi connectivity index (χ1n) is 10.5. The third-order valence-corrected chi connectivity index (χ3v) is 5.38. The van der Waals surface area contributed by atoms with Crippen LogP contribution in [0, 0.1) is 0 Å². The summed E-state index contributed by atoms with van der Waals surface area (Å²) >= 11 is 0. The molecule has 8 nitrogen and oxygen atoms in total. The molecule has 4 rings (SSSR count). The minimum absolute atomic E-state index is 0.0662. The van der Waals surface area contributed by atoms with E-state index >= 15 is 0 Å². The van der Waals surface area contributed by atoms with Gasteiger partial charge >= 0.3 is 6.36 Å². The van der Waals surface area contributed by atoms with Crippen LogP contribution in [0.1, 0.15) is 10.4 Å². The minimum Gasteiger partial charge on any atom is -0.406 e. The summed E-state index contributed by atoms with van der Waals surface area (Å²) in [6.07, 6.45) is -4.78. The van der Waals surface area contributed by atoms with Crippen LogP contribution in [0.25, 0.3) is 10.9 Å². The van der Waals surface area contributed by atoms with E-state index in [1.807, 2.05) is 4.90 Å². The highest BCUT2D eigenvalue weighted by molar-refractivity contribution is 6.06. The van der Waals surface area contributed by atoms with Gasteiger partial charge in [-0.05, 0) is 30.3 Å². The second-order valence-electron chi connectivity index (χ2n) is 7.78. The molecule has 2 N–H and O–H groups in total. The fraction of sp³-hybridized carbons (Fsp3) is 0.261. The first-order valence-corrected chi connectivity index (χ1v) is 10.5. The Balaban J connectivity index is 1.31. The van der Waals surface area contributed by atoms with Gasteiger partial charge in [-0.3, -0.25) is 19.3 Å². The maximum Gasteiger partial charge on any atom is 0.573 e. The van der Waals surface area contributed by atoms with E-state index in [4.69, 9.17) is 0 Å². The van der Waals surface area contributed by atoms with E-state index in [-0.39, 0.29) is 29.7 Å². The van der Waals surface area contributed by atoms with Crippen LogP contribution in [0.3, 0.4) is 0 Å². The molecule has 178 valence electrons. The standard InChI is InChI=1S/C23H21F3N4O4/c24-23(25,26)34-16-7-5-15(6-8-16)27-21(32)14-29-9-11-30(12-10-29)22(33)18-13-20(31)28-19-4-2-1-3-17(18)19/h1-8,13H,9-12,14H2,(H,27,32)(H,28,31). The molecule has 1 aliphatic rings. The highest BCUT2D eigenvalue weighted by Gasteiger charge is 2.31. The van der Waals surface area contributed by atoms with E-state index in [2.05, 4.69) is 15.0 Å². The number of hydrogen-bond donors (Lipinski definition) is 2. The number of fused-ring (bicyclic) bond motifs is 1. The smallest absolute Gasteiger partial charge is 0.406 e. The Labute approximate surface area is 191 Å². The number of para-hydroxylation sites is 1. The second-order valence-corrected chi connectivity index (χ2v) is 7.78. The number of rotatable bonds is 5. The maximum absolute atomic E-state index is 13.0. The van der Waals surface area contributed by atoms with E-state index in [1.165, 1.54) is 18.2 Å². The summed E-state index contributed by atoms with van der Waals surface area (Å²) in [4.78, 5) is 43.6. The Kier molecular flexibility index (Phi) is 6.55. The van der Waals surface area contributed by atoms with Gasteiger partial charge in [-0.2, -0.15) is 0 Å². The highest BCUT2D eigenvalue weighted by atomic mass is 19.4. The zero-order chi connectivity index (χ0) is 24.3. The fourth-order valence-corrected chi connectivity index (χ4v) is 3.80. The number of aromatic nitrogens is 1. The number of hydrogen-bond acceptors (Lipinski definition) is 5. The number of alkyl halides is 3. The SMILES string of the molecule is O=C(CN1CCN(C(=O)c2cc(=O)[nH]c3ccccc23)CC1)Nc1ccc(OC(F)(F)F)cc1. The Morgan fingerprint density at radius 1 is 1.00 bits per heavy atom. The van der Waals surface area contributed by atoms with Crippen LogP contribution in [0.5, 0.6) is 5.75 Å². The van der Waals surface area contributed by atoms with Crippen molar-refractivity contribution in [2.75, 3.05) is 38.0 Å². The topological polar surface area (TPSA) is 94.7 Å². The quantitative estimate of drug-likeness (QED) is 0.593. The van der Waals surface area contributed by atoms with Crippen molar-refractivity contribution >= 4 is 28.4 Å². The van der Waals surface area contributed by atoms with Gasteiger partial charge in [0.1, 0.15) is 5.75 Å². The van der Waals surface area contributed by atoms with Gasteiger partial charge in [-0.25, -0.2) is 0 Å². The van der Waals surface area contributed by atoms with Gasteiger partial charge in [0.2, 0.25) is 11.5 Å². The summed E-state index contributed by atoms with van der Waals surface area (Å²) in [6, 6.07) is 13.3. The van der Waals surface area contributed by atoms with Crippen molar-refractivity contribution in [3.05, 3.63) is 70.5 Å². The Morgan fingerprint density at radius 2 is 1.68 bits per heavy atom. The van der Waals surface area contributed by atoms with Crippen molar-refractivity contribution in [1.29, 1.82) is 0 Å². The van der Waals surface area contributed by atoms with E-state index in [9.17, 15) is 27.6 Å². The van der Waals surface area contributed by atoms with E-state index in [0.29, 0.717) is 48.3 Å². The summed E-state index contributed by atoms with van der Waals surface area (Å²) in [5.74, 6) is -0.947. The molecule has 0 unspecified atom stereocenters. The molecule has 0 spiro atoms. The van der Waals surface area contributed by atoms with Crippen LogP contribution in [-0.2, 0) is 4.79 Å². The van der Waals surface area contributed by atoms with Crippen LogP contribution >= 0.6 is 0 Å². The molecule has 0 radical (unpaired) electrons. The molecule has 0 saturated carbocycles. The number of ether oxygens (including phenoxy) is 1. The van der Waals surface area contributed by atoms with Crippen molar-refractivity contribution in [3.63, 3.8) is 0 Å². The number of piperazine rings is 1. The average molecular weight is 474 g/mol. The molecular formula is C23H21F3N4O4. The monoisotopic (exact) mass is 474 g/mol. The molecule has 1 aromatic heterocycles. The van der Waals surface area contributed by atoms with Gasteiger partial charge < -0.3 is 19.9 Å². The van der Waals surface area contributed by atoms with Gasteiger partial charge in [-0.1, -0.05) is 18.2 Å². The zero-order valence-electron chi connectivity index (χ0n) is 17.9. The number of H-pyrrole nitrogens is 1. The average Bonchev–Trinajstić information content (AvgIpc) is 2.79.